The van der Waals surface area contributed by atoms with Gasteiger partial charge in [-0.3, -0.25) is 0 Å². The number of aryl methyl sites for hydroxylation is 2. The summed E-state index contributed by atoms with van der Waals surface area (Å²) >= 11 is 0. The fourth-order valence-electron chi connectivity index (χ4n) is 3.60. The van der Waals surface area contributed by atoms with Gasteiger partial charge < -0.3 is 19.0 Å². The molecule has 0 fully saturated rings. The molecular formula is C24H19NO4. The van der Waals surface area contributed by atoms with Gasteiger partial charge in [0.2, 0.25) is 6.79 Å². The summed E-state index contributed by atoms with van der Waals surface area (Å²) in [6, 6.07) is 18.8. The highest BCUT2D eigenvalue weighted by atomic mass is 16.7. The third-order valence-electron chi connectivity index (χ3n) is 4.84. The van der Waals surface area contributed by atoms with E-state index in [2.05, 4.69) is 6.07 Å². The van der Waals surface area contributed by atoms with Gasteiger partial charge in [0.25, 0.3) is 0 Å². The number of fused-ring (bicyclic) bond motifs is 2. The van der Waals surface area contributed by atoms with Gasteiger partial charge in [-0.2, -0.15) is 0 Å². The summed E-state index contributed by atoms with van der Waals surface area (Å²) in [4.78, 5) is 4.86. The van der Waals surface area contributed by atoms with Crippen LogP contribution in [0.25, 0.3) is 22.3 Å². The minimum absolute atomic E-state index is 0.167. The molecule has 5 nitrogen and oxygen atoms in total. The van der Waals surface area contributed by atoms with E-state index in [0.717, 1.165) is 38.9 Å². The lowest BCUT2D eigenvalue weighted by Gasteiger charge is -2.07. The van der Waals surface area contributed by atoms with Crippen LogP contribution in [0, 0.1) is 13.8 Å². The van der Waals surface area contributed by atoms with E-state index in [0.29, 0.717) is 17.1 Å². The average Bonchev–Trinajstić information content (AvgIpc) is 3.15. The first-order valence-electron chi connectivity index (χ1n) is 9.35. The molecule has 4 aromatic rings. The quantitative estimate of drug-likeness (QED) is 0.503. The van der Waals surface area contributed by atoms with Gasteiger partial charge >= 0.3 is 0 Å². The zero-order valence-electron chi connectivity index (χ0n) is 16.1. The first kappa shape index (κ1) is 17.4. The first-order valence-corrected chi connectivity index (χ1v) is 9.35. The summed E-state index contributed by atoms with van der Waals surface area (Å²) in [5.41, 5.74) is 4.65. The number of rotatable bonds is 2. The van der Waals surface area contributed by atoms with Crippen LogP contribution < -0.4 is 14.8 Å². The molecule has 0 bridgehead atoms. The van der Waals surface area contributed by atoms with Crippen LogP contribution in [-0.4, -0.2) is 11.9 Å². The van der Waals surface area contributed by atoms with Crippen molar-refractivity contribution >= 4 is 16.7 Å². The summed E-state index contributed by atoms with van der Waals surface area (Å²) in [6.07, 6.45) is 0. The third kappa shape index (κ3) is 3.31. The van der Waals surface area contributed by atoms with Crippen molar-refractivity contribution in [2.24, 2.45) is 4.99 Å². The lowest BCUT2D eigenvalue weighted by molar-refractivity contribution is 0.174. The lowest BCUT2D eigenvalue weighted by Crippen LogP contribution is -2.03. The van der Waals surface area contributed by atoms with Crippen LogP contribution in [0.1, 0.15) is 11.1 Å². The number of benzene rings is 3. The molecule has 0 spiro atoms. The van der Waals surface area contributed by atoms with Crippen molar-refractivity contribution in [1.29, 1.82) is 0 Å². The molecule has 1 aliphatic rings. The summed E-state index contributed by atoms with van der Waals surface area (Å²) in [5, 5.41) is 11.5. The second-order valence-corrected chi connectivity index (χ2v) is 7.20. The van der Waals surface area contributed by atoms with Crippen molar-refractivity contribution in [2.75, 3.05) is 6.79 Å². The monoisotopic (exact) mass is 385 g/mol. The van der Waals surface area contributed by atoms with E-state index < -0.39 is 0 Å². The number of ether oxygens (including phenoxy) is 2. The topological polar surface area (TPSA) is 64.2 Å². The van der Waals surface area contributed by atoms with Gasteiger partial charge in [0, 0.05) is 17.0 Å². The van der Waals surface area contributed by atoms with Crippen molar-refractivity contribution < 1.29 is 19.0 Å². The van der Waals surface area contributed by atoms with Crippen molar-refractivity contribution in [3.63, 3.8) is 0 Å². The summed E-state index contributed by atoms with van der Waals surface area (Å²) in [6.45, 7) is 4.32. The van der Waals surface area contributed by atoms with Gasteiger partial charge in [-0.25, -0.2) is 4.99 Å². The van der Waals surface area contributed by atoms with Gasteiger partial charge in [0.15, 0.2) is 11.5 Å². The zero-order chi connectivity index (χ0) is 20.0. The minimum Gasteiger partial charge on any atom is -0.508 e. The molecule has 0 atom stereocenters. The van der Waals surface area contributed by atoms with Gasteiger partial charge in [-0.15, -0.1) is 0 Å². The molecule has 29 heavy (non-hydrogen) atoms. The van der Waals surface area contributed by atoms with Crippen LogP contribution in [0.15, 0.2) is 70.1 Å². The van der Waals surface area contributed by atoms with Gasteiger partial charge in [0.1, 0.15) is 17.1 Å². The second kappa shape index (κ2) is 6.71. The predicted octanol–water partition coefficient (Wildman–Crippen LogP) is 5.38. The fraction of sp³-hybridized carbons (Fsp3) is 0.125. The molecule has 1 aromatic heterocycles. The number of phenols is 1. The second-order valence-electron chi connectivity index (χ2n) is 7.20. The molecule has 2 heterocycles. The molecule has 1 N–H and O–H groups in total. The Labute approximate surface area is 167 Å². The molecule has 1 aliphatic heterocycles. The zero-order valence-corrected chi connectivity index (χ0v) is 16.1. The number of phenolic OH excluding ortho intramolecular Hbond substituents is 1. The molecular weight excluding hydrogens is 366 g/mol. The molecule has 144 valence electrons. The Hall–Kier alpha value is -3.73. The first-order chi connectivity index (χ1) is 14.0. The molecule has 3 aromatic carbocycles. The van der Waals surface area contributed by atoms with Crippen LogP contribution in [-0.2, 0) is 0 Å². The van der Waals surface area contributed by atoms with E-state index in [1.165, 1.54) is 0 Å². The Bertz CT molecular complexity index is 1300. The lowest BCUT2D eigenvalue weighted by atomic mass is 10.1. The Morgan fingerprint density at radius 3 is 2.45 bits per heavy atom. The molecule has 5 heteroatoms. The Kier molecular flexibility index (Phi) is 4.02. The van der Waals surface area contributed by atoms with Crippen LogP contribution in [0.5, 0.6) is 17.2 Å². The molecule has 0 saturated heterocycles. The Balaban J connectivity index is 1.75. The maximum Gasteiger partial charge on any atom is 0.231 e. The molecule has 5 rings (SSSR count). The SMILES string of the molecule is Cc1cc(C)cc(N=c2cc(-c3ccc4c(c3)OCO4)oc3ccc(O)cc23)c1. The molecule has 0 aliphatic carbocycles. The third-order valence-corrected chi connectivity index (χ3v) is 4.84. The van der Waals surface area contributed by atoms with E-state index in [1.807, 2.05) is 50.2 Å². The van der Waals surface area contributed by atoms with E-state index in [4.69, 9.17) is 18.9 Å². The molecule has 0 amide bonds. The molecule has 0 unspecified atom stereocenters. The van der Waals surface area contributed by atoms with Crippen LogP contribution in [0.3, 0.4) is 0 Å². The average molecular weight is 385 g/mol. The normalized spacial score (nSPS) is 13.2. The number of hydrogen-bond donors (Lipinski definition) is 1. The van der Waals surface area contributed by atoms with Crippen LogP contribution in [0.4, 0.5) is 5.69 Å². The summed E-state index contributed by atoms with van der Waals surface area (Å²) in [5.74, 6) is 2.24. The summed E-state index contributed by atoms with van der Waals surface area (Å²) in [7, 11) is 0. The molecule has 0 saturated carbocycles. The van der Waals surface area contributed by atoms with Crippen LogP contribution in [0.2, 0.25) is 0 Å². The predicted molar refractivity (Wildman–Crippen MR) is 111 cm³/mol. The van der Waals surface area contributed by atoms with Crippen LogP contribution >= 0.6 is 0 Å². The highest BCUT2D eigenvalue weighted by molar-refractivity contribution is 5.80. The number of nitrogens with zero attached hydrogens (tertiary/aromatic N) is 1. The van der Waals surface area contributed by atoms with E-state index in [1.54, 1.807) is 18.2 Å². The highest BCUT2D eigenvalue weighted by Crippen LogP contribution is 2.36. The van der Waals surface area contributed by atoms with Gasteiger partial charge in [0.05, 0.1) is 11.0 Å². The molecule has 0 radical (unpaired) electrons. The Morgan fingerprint density at radius 1 is 0.828 bits per heavy atom. The van der Waals surface area contributed by atoms with Crippen molar-refractivity contribution in [3.05, 3.63) is 77.1 Å². The Morgan fingerprint density at radius 2 is 1.62 bits per heavy atom. The smallest absolute Gasteiger partial charge is 0.231 e. The number of hydrogen-bond acceptors (Lipinski definition) is 5. The van der Waals surface area contributed by atoms with E-state index in [9.17, 15) is 5.11 Å². The van der Waals surface area contributed by atoms with Crippen molar-refractivity contribution in [1.82, 2.24) is 0 Å². The standard InChI is InChI=1S/C24H19NO4/c1-14-7-15(2)9-17(8-14)25-20-12-23(29-21-6-4-18(26)11-19(20)21)16-3-5-22-24(10-16)28-13-27-22/h3-12,26H,13H2,1-2H3. The van der Waals surface area contributed by atoms with Crippen molar-refractivity contribution in [2.45, 2.75) is 13.8 Å². The highest BCUT2D eigenvalue weighted by Gasteiger charge is 2.15. The van der Waals surface area contributed by atoms with E-state index >= 15 is 0 Å². The summed E-state index contributed by atoms with van der Waals surface area (Å²) < 4.78 is 17.0. The fourth-order valence-corrected chi connectivity index (χ4v) is 3.60. The maximum absolute atomic E-state index is 9.99. The minimum atomic E-state index is 0.167. The van der Waals surface area contributed by atoms with Crippen molar-refractivity contribution in [3.8, 4) is 28.6 Å². The largest absolute Gasteiger partial charge is 0.508 e. The van der Waals surface area contributed by atoms with Gasteiger partial charge in [-0.1, -0.05) is 6.07 Å². The maximum atomic E-state index is 9.99. The van der Waals surface area contributed by atoms with Gasteiger partial charge in [-0.05, 0) is 73.5 Å². The number of aromatic hydroxyl groups is 1. The van der Waals surface area contributed by atoms with E-state index in [-0.39, 0.29) is 12.5 Å².